The zero-order chi connectivity index (χ0) is 19.8. The summed E-state index contributed by atoms with van der Waals surface area (Å²) in [6.07, 6.45) is 2.85. The number of pyridine rings is 1. The molecule has 0 aliphatic carbocycles. The Morgan fingerprint density at radius 2 is 2.00 bits per heavy atom. The van der Waals surface area contributed by atoms with E-state index in [0.717, 1.165) is 0 Å². The maximum absolute atomic E-state index is 12.5. The lowest BCUT2D eigenvalue weighted by Gasteiger charge is -2.12. The van der Waals surface area contributed by atoms with Crippen LogP contribution in [0.5, 0.6) is 17.2 Å². The van der Waals surface area contributed by atoms with Crippen molar-refractivity contribution in [3.05, 3.63) is 47.8 Å². The second kappa shape index (κ2) is 9.51. The van der Waals surface area contributed by atoms with E-state index in [0.29, 0.717) is 5.56 Å². The summed E-state index contributed by atoms with van der Waals surface area (Å²) >= 11 is 0. The summed E-state index contributed by atoms with van der Waals surface area (Å²) in [4.78, 5) is 16.3. The molecule has 2 rings (SSSR count). The van der Waals surface area contributed by atoms with Gasteiger partial charge in [0.2, 0.25) is 0 Å². The Hall–Kier alpha value is -3.16. The van der Waals surface area contributed by atoms with Crippen LogP contribution in [0, 0.1) is 0 Å². The van der Waals surface area contributed by atoms with Gasteiger partial charge in [0.05, 0.1) is 18.8 Å². The number of aromatic nitrogens is 1. The molecule has 8 heteroatoms. The molecule has 2 aromatic rings. The highest BCUT2D eigenvalue weighted by Crippen LogP contribution is 2.32. The van der Waals surface area contributed by atoms with Gasteiger partial charge in [-0.05, 0) is 49.8 Å². The van der Waals surface area contributed by atoms with Crippen molar-refractivity contribution >= 4 is 17.6 Å². The first kappa shape index (κ1) is 20.2. The summed E-state index contributed by atoms with van der Waals surface area (Å²) in [6.45, 7) is 0.724. The van der Waals surface area contributed by atoms with Crippen molar-refractivity contribution < 1.29 is 32.9 Å². The van der Waals surface area contributed by atoms with Crippen LogP contribution >= 0.6 is 0 Å². The van der Waals surface area contributed by atoms with E-state index in [1.165, 1.54) is 42.6 Å². The minimum absolute atomic E-state index is 0.0138. The maximum atomic E-state index is 12.5. The number of rotatable bonds is 8. The number of alkyl halides is 2. The molecule has 0 saturated carbocycles. The molecule has 6 nitrogen and oxygen atoms in total. The molecule has 0 atom stereocenters. The highest BCUT2D eigenvalue weighted by atomic mass is 19.3. The fraction of sp³-hybridized carbons (Fsp3) is 0.263. The number of hydrogen-bond donors (Lipinski definition) is 1. The molecule has 0 saturated heterocycles. The van der Waals surface area contributed by atoms with E-state index in [-0.39, 0.29) is 41.7 Å². The normalized spacial score (nSPS) is 11.4. The molecule has 0 amide bonds. The zero-order valence-electron chi connectivity index (χ0n) is 14.8. The summed E-state index contributed by atoms with van der Waals surface area (Å²) in [7, 11) is 0. The Balaban J connectivity index is 2.51. The van der Waals surface area contributed by atoms with Crippen molar-refractivity contribution in [2.45, 2.75) is 20.5 Å². The number of nitrogens with zero attached hydrogens (tertiary/aromatic N) is 1. The van der Waals surface area contributed by atoms with Crippen LogP contribution in [0.25, 0.3) is 11.6 Å². The molecule has 1 aromatic carbocycles. The van der Waals surface area contributed by atoms with Crippen molar-refractivity contribution in [2.24, 2.45) is 0 Å². The van der Waals surface area contributed by atoms with Gasteiger partial charge in [-0.1, -0.05) is 6.07 Å². The van der Waals surface area contributed by atoms with Gasteiger partial charge in [0.15, 0.2) is 11.5 Å². The lowest BCUT2D eigenvalue weighted by Crippen LogP contribution is -2.08. The number of benzene rings is 1. The van der Waals surface area contributed by atoms with Crippen molar-refractivity contribution in [3.8, 4) is 17.2 Å². The molecule has 27 heavy (non-hydrogen) atoms. The van der Waals surface area contributed by atoms with Crippen LogP contribution in [-0.4, -0.2) is 35.9 Å². The summed E-state index contributed by atoms with van der Waals surface area (Å²) in [6, 6.07) is 7.13. The topological polar surface area (TPSA) is 77.9 Å². The summed E-state index contributed by atoms with van der Waals surface area (Å²) in [5, 5.41) is 10.0. The van der Waals surface area contributed by atoms with Gasteiger partial charge in [0, 0.05) is 6.20 Å². The number of carbonyl (C=O) groups is 1. The van der Waals surface area contributed by atoms with Gasteiger partial charge in [0.25, 0.3) is 0 Å². The van der Waals surface area contributed by atoms with Crippen molar-refractivity contribution in [1.29, 1.82) is 0 Å². The van der Waals surface area contributed by atoms with E-state index in [1.54, 1.807) is 13.8 Å². The Bertz CT molecular complexity index is 823. The maximum Gasteiger partial charge on any atom is 0.387 e. The van der Waals surface area contributed by atoms with Crippen LogP contribution < -0.4 is 9.47 Å². The van der Waals surface area contributed by atoms with Crippen LogP contribution in [0.15, 0.2) is 36.5 Å². The van der Waals surface area contributed by atoms with Gasteiger partial charge in [-0.25, -0.2) is 4.79 Å². The van der Waals surface area contributed by atoms with Gasteiger partial charge in [-0.3, -0.25) is 4.98 Å². The van der Waals surface area contributed by atoms with Crippen LogP contribution in [0.4, 0.5) is 8.78 Å². The first-order valence-corrected chi connectivity index (χ1v) is 8.21. The number of ether oxygens (including phenoxy) is 3. The largest absolute Gasteiger partial charge is 0.506 e. The third-order valence-electron chi connectivity index (χ3n) is 3.33. The molecule has 0 aliphatic heterocycles. The molecule has 0 spiro atoms. The molecule has 0 fully saturated rings. The predicted octanol–water partition coefficient (Wildman–Crippen LogP) is 3.89. The lowest BCUT2D eigenvalue weighted by molar-refractivity contribution is -0.136. The van der Waals surface area contributed by atoms with Crippen molar-refractivity contribution in [1.82, 2.24) is 4.98 Å². The van der Waals surface area contributed by atoms with E-state index < -0.39 is 12.6 Å². The van der Waals surface area contributed by atoms with E-state index >= 15 is 0 Å². The molecule has 1 N–H and O–H groups in total. The molecule has 0 radical (unpaired) electrons. The zero-order valence-corrected chi connectivity index (χ0v) is 14.8. The molecule has 0 unspecified atom stereocenters. The van der Waals surface area contributed by atoms with Crippen molar-refractivity contribution in [3.63, 3.8) is 0 Å². The van der Waals surface area contributed by atoms with E-state index in [1.807, 2.05) is 0 Å². The highest BCUT2D eigenvalue weighted by Gasteiger charge is 2.19. The summed E-state index contributed by atoms with van der Waals surface area (Å²) < 4.78 is 39.8. The van der Waals surface area contributed by atoms with Crippen molar-refractivity contribution in [2.75, 3.05) is 13.2 Å². The first-order chi connectivity index (χ1) is 13.0. The fourth-order valence-corrected chi connectivity index (χ4v) is 2.28. The Morgan fingerprint density at radius 1 is 1.22 bits per heavy atom. The molecule has 1 aromatic heterocycles. The monoisotopic (exact) mass is 379 g/mol. The van der Waals surface area contributed by atoms with Crippen LogP contribution in [0.1, 0.15) is 25.1 Å². The molecule has 1 heterocycles. The van der Waals surface area contributed by atoms with E-state index in [2.05, 4.69) is 9.72 Å². The Morgan fingerprint density at radius 3 is 2.63 bits per heavy atom. The third-order valence-corrected chi connectivity index (χ3v) is 3.33. The fourth-order valence-electron chi connectivity index (χ4n) is 2.28. The number of carbonyl (C=O) groups excluding carboxylic acids is 1. The smallest absolute Gasteiger partial charge is 0.387 e. The third kappa shape index (κ3) is 5.40. The average molecular weight is 379 g/mol. The average Bonchev–Trinajstić information content (AvgIpc) is 2.62. The SMILES string of the molecule is CCOC(=O)/C(=C/c1ccc(OC(F)F)c(OCC)c1)c1ncccc1O. The number of halogens is 2. The second-order valence-electron chi connectivity index (χ2n) is 5.17. The van der Waals surface area contributed by atoms with E-state index in [9.17, 15) is 18.7 Å². The van der Waals surface area contributed by atoms with Crippen LogP contribution in [0.2, 0.25) is 0 Å². The highest BCUT2D eigenvalue weighted by molar-refractivity contribution is 6.21. The quantitative estimate of drug-likeness (QED) is 0.554. The standard InChI is InChI=1S/C19H19F2NO5/c1-3-25-16-11-12(7-8-15(16)27-19(20)21)10-13(18(24)26-4-2)17-14(23)6-5-9-22-17/h5-11,19,23H,3-4H2,1-2H3/b13-10+. The molecular formula is C19H19F2NO5. The van der Waals surface area contributed by atoms with E-state index in [4.69, 9.17) is 9.47 Å². The Labute approximate surface area is 155 Å². The van der Waals surface area contributed by atoms with Gasteiger partial charge in [-0.2, -0.15) is 8.78 Å². The van der Waals surface area contributed by atoms with Crippen LogP contribution in [-0.2, 0) is 9.53 Å². The summed E-state index contributed by atoms with van der Waals surface area (Å²) in [5.74, 6) is -0.903. The molecular weight excluding hydrogens is 360 g/mol. The number of esters is 1. The molecule has 0 aliphatic rings. The Kier molecular flexibility index (Phi) is 7.10. The van der Waals surface area contributed by atoms with Gasteiger partial charge in [-0.15, -0.1) is 0 Å². The minimum Gasteiger partial charge on any atom is -0.506 e. The molecule has 144 valence electrons. The predicted molar refractivity (Wildman–Crippen MR) is 94.6 cm³/mol. The summed E-state index contributed by atoms with van der Waals surface area (Å²) in [5.41, 5.74) is 0.509. The molecule has 0 bridgehead atoms. The van der Waals surface area contributed by atoms with Gasteiger partial charge >= 0.3 is 12.6 Å². The second-order valence-corrected chi connectivity index (χ2v) is 5.17. The first-order valence-electron chi connectivity index (χ1n) is 8.21. The number of hydrogen-bond acceptors (Lipinski definition) is 6. The lowest BCUT2D eigenvalue weighted by atomic mass is 10.1. The van der Waals surface area contributed by atoms with Crippen LogP contribution in [0.3, 0.4) is 0 Å². The number of aromatic hydroxyl groups is 1. The van der Waals surface area contributed by atoms with Gasteiger partial charge in [0.1, 0.15) is 11.4 Å². The van der Waals surface area contributed by atoms with Gasteiger partial charge < -0.3 is 19.3 Å². The minimum atomic E-state index is -2.99.